The highest BCUT2D eigenvalue weighted by atomic mass is 16.6. The van der Waals surface area contributed by atoms with Crippen molar-refractivity contribution in [3.05, 3.63) is 0 Å². The van der Waals surface area contributed by atoms with Gasteiger partial charge in [-0.15, -0.1) is 0 Å². The van der Waals surface area contributed by atoms with Crippen LogP contribution in [-0.2, 0) is 9.47 Å². The Balaban J connectivity index is 1.25. The molecule has 4 aliphatic rings. The molecule has 0 atom stereocenters. The van der Waals surface area contributed by atoms with Crippen molar-refractivity contribution in [3.63, 3.8) is 0 Å². The summed E-state index contributed by atoms with van der Waals surface area (Å²) in [5, 5.41) is 6.58. The molecule has 0 radical (unpaired) electrons. The van der Waals surface area contributed by atoms with Crippen LogP contribution in [0.1, 0.15) is 59.3 Å². The molecule has 24 heavy (non-hydrogen) atoms. The Bertz CT molecular complexity index is 409. The van der Waals surface area contributed by atoms with Crippen molar-refractivity contribution in [1.82, 2.24) is 10.6 Å². The molecule has 0 unspecified atom stereocenters. The summed E-state index contributed by atoms with van der Waals surface area (Å²) in [6, 6.07) is 0. The number of carbonyl (C=O) groups excluding carboxylic acids is 1. The summed E-state index contributed by atoms with van der Waals surface area (Å²) >= 11 is 0. The van der Waals surface area contributed by atoms with Crippen molar-refractivity contribution in [2.75, 3.05) is 26.4 Å². The van der Waals surface area contributed by atoms with Crippen LogP contribution in [0.15, 0.2) is 0 Å². The Morgan fingerprint density at radius 1 is 1.00 bits per heavy atom. The third kappa shape index (κ3) is 4.85. The molecule has 4 bridgehead atoms. The molecule has 4 saturated carbocycles. The van der Waals surface area contributed by atoms with Gasteiger partial charge < -0.3 is 20.1 Å². The van der Waals surface area contributed by atoms with Crippen molar-refractivity contribution < 1.29 is 14.3 Å². The summed E-state index contributed by atoms with van der Waals surface area (Å²) < 4.78 is 10.7. The zero-order valence-corrected chi connectivity index (χ0v) is 15.5. The maximum atomic E-state index is 11.5. The fourth-order valence-corrected chi connectivity index (χ4v) is 5.35. The molecule has 0 heterocycles. The van der Waals surface area contributed by atoms with Crippen molar-refractivity contribution in [2.24, 2.45) is 17.8 Å². The smallest absolute Gasteiger partial charge is 0.407 e. The largest absolute Gasteiger partial charge is 0.447 e. The van der Waals surface area contributed by atoms with E-state index in [1.807, 2.05) is 20.8 Å². The Hall–Kier alpha value is -0.810. The van der Waals surface area contributed by atoms with Crippen LogP contribution >= 0.6 is 0 Å². The van der Waals surface area contributed by atoms with Gasteiger partial charge in [-0.05, 0) is 77.0 Å². The first-order valence-electron chi connectivity index (χ1n) is 9.61. The Labute approximate surface area is 146 Å². The molecular weight excluding hydrogens is 304 g/mol. The van der Waals surface area contributed by atoms with Crippen molar-refractivity contribution in [1.29, 1.82) is 0 Å². The highest BCUT2D eigenvalue weighted by Gasteiger charge is 2.50. The van der Waals surface area contributed by atoms with E-state index in [0.717, 1.165) is 24.3 Å². The van der Waals surface area contributed by atoms with Crippen molar-refractivity contribution in [3.8, 4) is 0 Å². The maximum Gasteiger partial charge on any atom is 0.407 e. The highest BCUT2D eigenvalue weighted by Crippen LogP contribution is 2.55. The van der Waals surface area contributed by atoms with Crippen LogP contribution in [-0.4, -0.2) is 43.5 Å². The van der Waals surface area contributed by atoms with E-state index in [-0.39, 0.29) is 11.6 Å². The van der Waals surface area contributed by atoms with E-state index in [1.54, 1.807) is 0 Å². The first kappa shape index (κ1) is 18.0. The van der Waals surface area contributed by atoms with Crippen LogP contribution in [0.4, 0.5) is 4.79 Å². The molecule has 0 aliphatic heterocycles. The minimum Gasteiger partial charge on any atom is -0.447 e. The van der Waals surface area contributed by atoms with Crippen LogP contribution in [0.3, 0.4) is 0 Å². The van der Waals surface area contributed by atoms with E-state index in [0.29, 0.717) is 25.4 Å². The number of carbonyl (C=O) groups is 1. The summed E-state index contributed by atoms with van der Waals surface area (Å²) in [5.74, 6) is 2.91. The summed E-state index contributed by atoms with van der Waals surface area (Å²) in [5.41, 5.74) is 0.140. The number of amides is 1. The SMILES string of the molecule is CC(C)(C)NC(=O)OCCOCCNC12CC3CC(CC(C3)C1)C2. The summed E-state index contributed by atoms with van der Waals surface area (Å²) in [4.78, 5) is 11.5. The first-order chi connectivity index (χ1) is 11.3. The second-order valence-corrected chi connectivity index (χ2v) is 9.25. The van der Waals surface area contributed by atoms with Gasteiger partial charge in [0.25, 0.3) is 0 Å². The minimum absolute atomic E-state index is 0.264. The molecule has 4 rings (SSSR count). The lowest BCUT2D eigenvalue weighted by molar-refractivity contribution is -0.0236. The molecule has 4 fully saturated rings. The molecule has 4 aliphatic carbocycles. The van der Waals surface area contributed by atoms with E-state index < -0.39 is 0 Å². The predicted octanol–water partition coefficient (Wildman–Crippen LogP) is 3.09. The summed E-state index contributed by atoms with van der Waals surface area (Å²) in [6.45, 7) is 8.15. The zero-order chi connectivity index (χ0) is 17.2. The molecule has 0 aromatic rings. The monoisotopic (exact) mass is 338 g/mol. The summed E-state index contributed by atoms with van der Waals surface area (Å²) in [6.07, 6.45) is 8.17. The predicted molar refractivity (Wildman–Crippen MR) is 94.0 cm³/mol. The molecule has 1 amide bonds. The van der Waals surface area contributed by atoms with Gasteiger partial charge in [0.05, 0.1) is 13.2 Å². The standard InChI is InChI=1S/C19H34N2O3/c1-18(2,3)21-17(22)24-7-6-23-5-4-20-19-11-14-8-15(12-19)10-16(9-14)13-19/h14-16,20H,4-13H2,1-3H3,(H,21,22). The number of ether oxygens (including phenoxy) is 2. The third-order valence-corrected chi connectivity index (χ3v) is 5.72. The van der Waals surface area contributed by atoms with Crippen molar-refractivity contribution >= 4 is 6.09 Å². The third-order valence-electron chi connectivity index (χ3n) is 5.72. The van der Waals surface area contributed by atoms with Gasteiger partial charge in [0.15, 0.2) is 0 Å². The van der Waals surface area contributed by atoms with Gasteiger partial charge in [-0.3, -0.25) is 0 Å². The van der Waals surface area contributed by atoms with Gasteiger partial charge in [-0.1, -0.05) is 0 Å². The molecular formula is C19H34N2O3. The number of alkyl carbamates (subject to hydrolysis) is 1. The molecule has 5 nitrogen and oxygen atoms in total. The normalized spacial score (nSPS) is 34.4. The van der Waals surface area contributed by atoms with E-state index in [9.17, 15) is 4.79 Å². The van der Waals surface area contributed by atoms with Gasteiger partial charge in [-0.2, -0.15) is 0 Å². The highest BCUT2D eigenvalue weighted by molar-refractivity contribution is 5.67. The van der Waals surface area contributed by atoms with Gasteiger partial charge in [-0.25, -0.2) is 4.79 Å². The molecule has 0 spiro atoms. The average Bonchev–Trinajstić information content (AvgIpc) is 2.42. The fourth-order valence-electron chi connectivity index (χ4n) is 5.35. The number of rotatable bonds is 7. The first-order valence-corrected chi connectivity index (χ1v) is 9.61. The second-order valence-electron chi connectivity index (χ2n) is 9.25. The quantitative estimate of drug-likeness (QED) is 0.700. The average molecular weight is 338 g/mol. The second kappa shape index (κ2) is 7.20. The molecule has 0 aromatic carbocycles. The number of hydrogen-bond acceptors (Lipinski definition) is 4. The lowest BCUT2D eigenvalue weighted by Gasteiger charge is -2.57. The number of nitrogens with one attached hydrogen (secondary N) is 2. The lowest BCUT2D eigenvalue weighted by Crippen LogP contribution is -2.58. The van der Waals surface area contributed by atoms with Gasteiger partial charge in [0.2, 0.25) is 0 Å². The maximum absolute atomic E-state index is 11.5. The minimum atomic E-state index is -0.377. The number of hydrogen-bond donors (Lipinski definition) is 2. The van der Waals surface area contributed by atoms with Crippen LogP contribution < -0.4 is 10.6 Å². The molecule has 5 heteroatoms. The van der Waals surface area contributed by atoms with Crippen LogP contribution in [0.2, 0.25) is 0 Å². The van der Waals surface area contributed by atoms with E-state index >= 15 is 0 Å². The van der Waals surface area contributed by atoms with Crippen LogP contribution in [0, 0.1) is 17.8 Å². The Morgan fingerprint density at radius 3 is 2.12 bits per heavy atom. The fraction of sp³-hybridized carbons (Fsp3) is 0.947. The lowest BCUT2D eigenvalue weighted by atomic mass is 9.53. The van der Waals surface area contributed by atoms with Crippen LogP contribution in [0.5, 0.6) is 0 Å². The zero-order valence-electron chi connectivity index (χ0n) is 15.5. The van der Waals surface area contributed by atoms with Gasteiger partial charge in [0.1, 0.15) is 6.61 Å². The summed E-state index contributed by atoms with van der Waals surface area (Å²) in [7, 11) is 0. The van der Waals surface area contributed by atoms with Gasteiger partial charge in [0, 0.05) is 17.6 Å². The molecule has 0 saturated heterocycles. The van der Waals surface area contributed by atoms with Gasteiger partial charge >= 0.3 is 6.09 Å². The molecule has 0 aromatic heterocycles. The Kier molecular flexibility index (Phi) is 5.40. The van der Waals surface area contributed by atoms with E-state index in [1.165, 1.54) is 38.5 Å². The van der Waals surface area contributed by atoms with E-state index in [4.69, 9.17) is 9.47 Å². The Morgan fingerprint density at radius 2 is 1.58 bits per heavy atom. The van der Waals surface area contributed by atoms with Crippen molar-refractivity contribution in [2.45, 2.75) is 70.4 Å². The topological polar surface area (TPSA) is 59.6 Å². The van der Waals surface area contributed by atoms with E-state index in [2.05, 4.69) is 10.6 Å². The van der Waals surface area contributed by atoms with Crippen LogP contribution in [0.25, 0.3) is 0 Å². The molecule has 138 valence electrons. The molecule has 2 N–H and O–H groups in total.